The maximum Gasteiger partial charge on any atom is 0.241 e. The van der Waals surface area contributed by atoms with Crippen LogP contribution in [0.1, 0.15) is 18.2 Å². The smallest absolute Gasteiger partial charge is 0.241 e. The van der Waals surface area contributed by atoms with Crippen LogP contribution in [0.3, 0.4) is 0 Å². The molecule has 5 nitrogen and oxygen atoms in total. The minimum atomic E-state index is -0.0417. The molecule has 1 atom stereocenters. The summed E-state index contributed by atoms with van der Waals surface area (Å²) in [5.74, 6) is -0.0417. The van der Waals surface area contributed by atoms with Gasteiger partial charge in [-0.3, -0.25) is 14.5 Å². The number of para-hydroxylation sites is 1. The molecule has 118 valence electrons. The number of benzene rings is 1. The van der Waals surface area contributed by atoms with E-state index in [9.17, 15) is 4.79 Å². The quantitative estimate of drug-likeness (QED) is 0.788. The molecular formula is C18H20N4O. The van der Waals surface area contributed by atoms with Gasteiger partial charge in [0.1, 0.15) is 6.54 Å². The fourth-order valence-electron chi connectivity index (χ4n) is 2.68. The largest absolute Gasteiger partial charge is 0.352 e. The highest BCUT2D eigenvalue weighted by atomic mass is 16.2. The Morgan fingerprint density at radius 2 is 2.09 bits per heavy atom. The van der Waals surface area contributed by atoms with E-state index in [2.05, 4.69) is 15.4 Å². The van der Waals surface area contributed by atoms with Crippen molar-refractivity contribution < 1.29 is 4.79 Å². The van der Waals surface area contributed by atoms with Gasteiger partial charge in [0, 0.05) is 29.7 Å². The van der Waals surface area contributed by atoms with Crippen LogP contribution in [0.15, 0.2) is 48.8 Å². The topological polar surface area (TPSA) is 59.8 Å². The van der Waals surface area contributed by atoms with Crippen molar-refractivity contribution in [3.63, 3.8) is 0 Å². The van der Waals surface area contributed by atoms with Crippen LogP contribution in [0.5, 0.6) is 0 Å². The highest BCUT2D eigenvalue weighted by Gasteiger charge is 2.12. The first-order valence-corrected chi connectivity index (χ1v) is 7.74. The second kappa shape index (κ2) is 6.60. The maximum atomic E-state index is 12.2. The summed E-state index contributed by atoms with van der Waals surface area (Å²) in [6, 6.07) is 11.9. The maximum absolute atomic E-state index is 12.2. The van der Waals surface area contributed by atoms with Gasteiger partial charge in [-0.15, -0.1) is 0 Å². The van der Waals surface area contributed by atoms with Gasteiger partial charge >= 0.3 is 0 Å². The molecule has 0 aliphatic carbocycles. The molecule has 0 spiro atoms. The normalized spacial score (nSPS) is 12.3. The molecule has 0 radical (unpaired) electrons. The number of carbonyl (C=O) groups is 1. The Balaban J connectivity index is 1.62. The molecule has 0 unspecified atom stereocenters. The number of carbonyl (C=O) groups excluding carboxylic acids is 1. The molecule has 1 N–H and O–H groups in total. The Labute approximate surface area is 135 Å². The van der Waals surface area contributed by atoms with E-state index in [-0.39, 0.29) is 18.5 Å². The number of nitrogens with one attached hydrogen (secondary N) is 1. The molecule has 2 aromatic heterocycles. The van der Waals surface area contributed by atoms with E-state index in [1.165, 1.54) is 0 Å². The molecule has 1 amide bonds. The van der Waals surface area contributed by atoms with E-state index in [1.54, 1.807) is 17.1 Å². The summed E-state index contributed by atoms with van der Waals surface area (Å²) in [5.41, 5.74) is 3.13. The second-order valence-electron chi connectivity index (χ2n) is 5.80. The molecule has 23 heavy (non-hydrogen) atoms. The van der Waals surface area contributed by atoms with Crippen LogP contribution in [0, 0.1) is 6.92 Å². The molecule has 1 aromatic carbocycles. The molecule has 0 saturated carbocycles. The Morgan fingerprint density at radius 3 is 2.91 bits per heavy atom. The highest BCUT2D eigenvalue weighted by Crippen LogP contribution is 2.12. The summed E-state index contributed by atoms with van der Waals surface area (Å²) in [5, 5.41) is 8.34. The van der Waals surface area contributed by atoms with Crippen molar-refractivity contribution in [1.82, 2.24) is 20.1 Å². The van der Waals surface area contributed by atoms with E-state index >= 15 is 0 Å². The molecular weight excluding hydrogens is 288 g/mol. The number of aromatic nitrogens is 3. The summed E-state index contributed by atoms with van der Waals surface area (Å²) in [6.07, 6.45) is 4.29. The van der Waals surface area contributed by atoms with Crippen LogP contribution in [-0.2, 0) is 17.8 Å². The number of pyridine rings is 1. The summed E-state index contributed by atoms with van der Waals surface area (Å²) in [4.78, 5) is 16.6. The van der Waals surface area contributed by atoms with Gasteiger partial charge in [0.15, 0.2) is 0 Å². The lowest BCUT2D eigenvalue weighted by Gasteiger charge is -2.15. The highest BCUT2D eigenvalue weighted by molar-refractivity contribution is 5.82. The van der Waals surface area contributed by atoms with Crippen molar-refractivity contribution in [2.75, 3.05) is 0 Å². The molecule has 0 aliphatic rings. The predicted molar refractivity (Wildman–Crippen MR) is 90.0 cm³/mol. The zero-order valence-electron chi connectivity index (χ0n) is 13.4. The van der Waals surface area contributed by atoms with E-state index in [4.69, 9.17) is 0 Å². The van der Waals surface area contributed by atoms with Crippen LogP contribution >= 0.6 is 0 Å². The summed E-state index contributed by atoms with van der Waals surface area (Å²) in [7, 11) is 0. The first kappa shape index (κ1) is 15.2. The Bertz CT molecular complexity index is 825. The van der Waals surface area contributed by atoms with Crippen molar-refractivity contribution >= 4 is 16.8 Å². The van der Waals surface area contributed by atoms with Gasteiger partial charge in [0.2, 0.25) is 5.91 Å². The summed E-state index contributed by atoms with van der Waals surface area (Å²) >= 11 is 0. The molecule has 3 rings (SSSR count). The number of rotatable bonds is 5. The van der Waals surface area contributed by atoms with Gasteiger partial charge in [-0.1, -0.05) is 24.3 Å². The van der Waals surface area contributed by atoms with E-state index in [0.29, 0.717) is 0 Å². The molecule has 0 fully saturated rings. The third-order valence-electron chi connectivity index (χ3n) is 3.87. The molecule has 0 bridgehead atoms. The average Bonchev–Trinajstić information content (AvgIpc) is 2.93. The van der Waals surface area contributed by atoms with Crippen molar-refractivity contribution in [1.29, 1.82) is 0 Å². The first-order valence-electron chi connectivity index (χ1n) is 7.74. The minimum absolute atomic E-state index is 0.0259. The van der Waals surface area contributed by atoms with E-state index in [1.807, 2.05) is 50.2 Å². The monoisotopic (exact) mass is 308 g/mol. The van der Waals surface area contributed by atoms with Gasteiger partial charge < -0.3 is 5.32 Å². The number of amides is 1. The minimum Gasteiger partial charge on any atom is -0.352 e. The summed E-state index contributed by atoms with van der Waals surface area (Å²) < 4.78 is 1.73. The lowest BCUT2D eigenvalue weighted by molar-refractivity contribution is -0.122. The third-order valence-corrected chi connectivity index (χ3v) is 3.87. The van der Waals surface area contributed by atoms with Crippen molar-refractivity contribution in [2.24, 2.45) is 0 Å². The Kier molecular flexibility index (Phi) is 4.37. The average molecular weight is 308 g/mol. The van der Waals surface area contributed by atoms with Crippen LogP contribution in [-0.4, -0.2) is 26.7 Å². The molecule has 2 heterocycles. The number of nitrogens with zero attached hydrogens (tertiary/aromatic N) is 3. The Morgan fingerprint density at radius 1 is 1.26 bits per heavy atom. The van der Waals surface area contributed by atoms with Crippen molar-refractivity contribution in [3.8, 4) is 0 Å². The van der Waals surface area contributed by atoms with Gasteiger partial charge in [-0.05, 0) is 31.5 Å². The zero-order valence-corrected chi connectivity index (χ0v) is 13.4. The fraction of sp³-hybridized carbons (Fsp3) is 0.278. The van der Waals surface area contributed by atoms with Gasteiger partial charge in [0.05, 0.1) is 11.7 Å². The van der Waals surface area contributed by atoms with Crippen LogP contribution in [0.2, 0.25) is 0 Å². The lowest BCUT2D eigenvalue weighted by Crippen LogP contribution is -2.36. The number of hydrogen-bond donors (Lipinski definition) is 1. The van der Waals surface area contributed by atoms with Gasteiger partial charge in [0.25, 0.3) is 0 Å². The van der Waals surface area contributed by atoms with Crippen molar-refractivity contribution in [2.45, 2.75) is 32.9 Å². The predicted octanol–water partition coefficient (Wildman–Crippen LogP) is 2.49. The number of fused-ring (bicyclic) bond motifs is 1. The van der Waals surface area contributed by atoms with E-state index < -0.39 is 0 Å². The third kappa shape index (κ3) is 3.56. The lowest BCUT2D eigenvalue weighted by atomic mass is 10.1. The molecule has 3 aromatic rings. The SMILES string of the molecule is Cc1cccnc1C[C@@H](C)NC(=O)Cn1ncc2ccccc21. The van der Waals surface area contributed by atoms with Crippen LogP contribution in [0.4, 0.5) is 0 Å². The molecule has 0 saturated heterocycles. The Hall–Kier alpha value is -2.69. The van der Waals surface area contributed by atoms with Gasteiger partial charge in [-0.2, -0.15) is 5.10 Å². The standard InChI is InChI=1S/C18H20N4O/c1-13-6-5-9-19-16(13)10-14(2)21-18(23)12-22-17-8-4-3-7-15(17)11-20-22/h3-9,11,14H,10,12H2,1-2H3,(H,21,23)/t14-/m1/s1. The van der Waals surface area contributed by atoms with Crippen LogP contribution in [0.25, 0.3) is 10.9 Å². The number of aryl methyl sites for hydroxylation is 1. The van der Waals surface area contributed by atoms with E-state index in [0.717, 1.165) is 28.6 Å². The number of hydrogen-bond acceptors (Lipinski definition) is 3. The van der Waals surface area contributed by atoms with Crippen LogP contribution < -0.4 is 5.32 Å². The van der Waals surface area contributed by atoms with Gasteiger partial charge in [-0.25, -0.2) is 0 Å². The second-order valence-corrected chi connectivity index (χ2v) is 5.80. The molecule has 5 heteroatoms. The van der Waals surface area contributed by atoms with Crippen molar-refractivity contribution in [3.05, 3.63) is 60.0 Å². The summed E-state index contributed by atoms with van der Waals surface area (Å²) in [6.45, 7) is 4.25. The zero-order chi connectivity index (χ0) is 16.2. The fourth-order valence-corrected chi connectivity index (χ4v) is 2.68. The first-order chi connectivity index (χ1) is 11.1. The molecule has 0 aliphatic heterocycles.